The summed E-state index contributed by atoms with van der Waals surface area (Å²) in [6, 6.07) is 21.8. The molecule has 268 valence electrons. The molecule has 0 saturated heterocycles. The maximum atomic E-state index is 13.4. The maximum absolute atomic E-state index is 13.4. The summed E-state index contributed by atoms with van der Waals surface area (Å²) in [6.45, 7) is 5.92. The number of nitrogens with zero attached hydrogens (tertiary/aromatic N) is 1. The number of benzene rings is 4. The van der Waals surface area contributed by atoms with Crippen molar-refractivity contribution >= 4 is 65.2 Å². The fourth-order valence-corrected chi connectivity index (χ4v) is 6.64. The average molecular weight is 734 g/mol. The van der Waals surface area contributed by atoms with Gasteiger partial charge in [-0.15, -0.1) is 0 Å². The summed E-state index contributed by atoms with van der Waals surface area (Å²) < 4.78 is 68.0. The molecule has 15 heteroatoms. The number of fused-ring (bicyclic) bond motifs is 1. The predicted octanol–water partition coefficient (Wildman–Crippen LogP) is 7.50. The summed E-state index contributed by atoms with van der Waals surface area (Å²) in [7, 11) is -4.32. The molecule has 13 nitrogen and oxygen atoms in total. The van der Waals surface area contributed by atoms with Crippen LogP contribution < -0.4 is 34.9 Å². The van der Waals surface area contributed by atoms with Crippen molar-refractivity contribution < 1.29 is 35.8 Å². The SMILES string of the molecule is COc1cc(Nc2cc(Oc3ccc(NC(=O)Nc4cc(C(C)(C)C)cc(NS(C)(=O)=O)c4OC)c4ccccc34)ccn2)ccc1S(C)(=O)=O. The first-order valence-corrected chi connectivity index (χ1v) is 19.3. The van der Waals surface area contributed by atoms with Crippen LogP contribution in [-0.4, -0.2) is 54.6 Å². The molecule has 0 spiro atoms. The molecule has 5 rings (SSSR count). The quantitative estimate of drug-likeness (QED) is 0.106. The van der Waals surface area contributed by atoms with Crippen LogP contribution in [0.15, 0.2) is 90.0 Å². The van der Waals surface area contributed by atoms with E-state index < -0.39 is 25.9 Å². The summed E-state index contributed by atoms with van der Waals surface area (Å²) in [5, 5.41) is 10.3. The van der Waals surface area contributed by atoms with Crippen LogP contribution in [0.1, 0.15) is 26.3 Å². The zero-order chi connectivity index (χ0) is 37.1. The Labute approximate surface area is 297 Å². The Morgan fingerprint density at radius 3 is 2.08 bits per heavy atom. The van der Waals surface area contributed by atoms with Crippen LogP contribution in [0.25, 0.3) is 10.8 Å². The number of sulfone groups is 1. The summed E-state index contributed by atoms with van der Waals surface area (Å²) >= 11 is 0. The van der Waals surface area contributed by atoms with Crippen molar-refractivity contribution in [1.82, 2.24) is 4.98 Å². The molecule has 0 atom stereocenters. The minimum atomic E-state index is -3.64. The number of hydrogen-bond acceptors (Lipinski definition) is 10. The van der Waals surface area contributed by atoms with Gasteiger partial charge in [0.05, 0.1) is 37.5 Å². The second-order valence-corrected chi connectivity index (χ2v) is 16.4. The van der Waals surface area contributed by atoms with Crippen LogP contribution in [0.3, 0.4) is 0 Å². The van der Waals surface area contributed by atoms with Crippen molar-refractivity contribution in [3.63, 3.8) is 0 Å². The van der Waals surface area contributed by atoms with Gasteiger partial charge < -0.3 is 30.2 Å². The highest BCUT2D eigenvalue weighted by molar-refractivity contribution is 7.92. The lowest BCUT2D eigenvalue weighted by Gasteiger charge is -2.24. The van der Waals surface area contributed by atoms with Crippen molar-refractivity contribution in [2.24, 2.45) is 0 Å². The van der Waals surface area contributed by atoms with E-state index in [-0.39, 0.29) is 33.2 Å². The molecule has 0 fully saturated rings. The van der Waals surface area contributed by atoms with E-state index in [1.54, 1.807) is 54.7 Å². The minimum absolute atomic E-state index is 0.0772. The zero-order valence-corrected chi connectivity index (χ0v) is 30.7. The highest BCUT2D eigenvalue weighted by atomic mass is 32.2. The number of ether oxygens (including phenoxy) is 3. The van der Waals surface area contributed by atoms with E-state index in [4.69, 9.17) is 14.2 Å². The first-order valence-electron chi connectivity index (χ1n) is 15.5. The van der Waals surface area contributed by atoms with Crippen molar-refractivity contribution in [3.05, 3.63) is 90.6 Å². The molecule has 0 aliphatic rings. The highest BCUT2D eigenvalue weighted by Crippen LogP contribution is 2.40. The lowest BCUT2D eigenvalue weighted by atomic mass is 9.86. The number of rotatable bonds is 11. The Morgan fingerprint density at radius 1 is 0.745 bits per heavy atom. The van der Waals surface area contributed by atoms with Crippen LogP contribution in [0, 0.1) is 0 Å². The molecule has 0 saturated carbocycles. The van der Waals surface area contributed by atoms with Crippen LogP contribution >= 0.6 is 0 Å². The van der Waals surface area contributed by atoms with Gasteiger partial charge in [0.1, 0.15) is 28.0 Å². The molecule has 5 aromatic rings. The number of urea groups is 1. The van der Waals surface area contributed by atoms with E-state index in [2.05, 4.69) is 25.7 Å². The van der Waals surface area contributed by atoms with Crippen LogP contribution in [0.5, 0.6) is 23.0 Å². The molecular weight excluding hydrogens is 695 g/mol. The fraction of sp³-hybridized carbons (Fsp3) is 0.222. The van der Waals surface area contributed by atoms with E-state index in [9.17, 15) is 21.6 Å². The largest absolute Gasteiger partial charge is 0.495 e. The van der Waals surface area contributed by atoms with Crippen molar-refractivity contribution in [2.45, 2.75) is 31.1 Å². The molecule has 1 heterocycles. The van der Waals surface area contributed by atoms with Gasteiger partial charge >= 0.3 is 6.03 Å². The first kappa shape index (κ1) is 36.7. The molecule has 0 bridgehead atoms. The standard InChI is InChI=1S/C36H39N5O8S2/c1-36(2,3)22-18-28(34(48-5)29(19-22)41-51(7,45)46)40-35(42)39-27-13-14-30(26-11-9-8-10-25(26)27)49-24-16-17-37-33(21-24)38-23-12-15-32(50(6,43)44)31(20-23)47-4/h8-21,41H,1-7H3,(H,37,38)(H2,39,40,42). The first-order chi connectivity index (χ1) is 23.9. The number of aromatic nitrogens is 1. The number of nitrogens with one attached hydrogen (secondary N) is 4. The Morgan fingerprint density at radius 2 is 1.43 bits per heavy atom. The van der Waals surface area contributed by atoms with E-state index >= 15 is 0 Å². The smallest absolute Gasteiger partial charge is 0.323 e. The molecule has 4 aromatic carbocycles. The van der Waals surface area contributed by atoms with Crippen molar-refractivity contribution in [1.29, 1.82) is 0 Å². The van der Waals surface area contributed by atoms with Gasteiger partial charge in [0, 0.05) is 41.0 Å². The molecule has 51 heavy (non-hydrogen) atoms. The lowest BCUT2D eigenvalue weighted by molar-refractivity contribution is 0.262. The number of anilines is 5. The molecular formula is C36H39N5O8S2. The zero-order valence-electron chi connectivity index (χ0n) is 29.1. The molecule has 0 aliphatic heterocycles. The Hall–Kier alpha value is -5.54. The molecule has 0 radical (unpaired) electrons. The van der Waals surface area contributed by atoms with Gasteiger partial charge in [-0.05, 0) is 53.4 Å². The van der Waals surface area contributed by atoms with Gasteiger partial charge in [-0.3, -0.25) is 4.72 Å². The Balaban J connectivity index is 1.39. The van der Waals surface area contributed by atoms with Crippen LogP contribution in [0.4, 0.5) is 33.4 Å². The highest BCUT2D eigenvalue weighted by Gasteiger charge is 2.23. The van der Waals surface area contributed by atoms with Crippen molar-refractivity contribution in [3.8, 4) is 23.0 Å². The Bertz CT molecular complexity index is 2340. The van der Waals surface area contributed by atoms with Gasteiger partial charge in [-0.2, -0.15) is 0 Å². The monoisotopic (exact) mass is 733 g/mol. The summed E-state index contributed by atoms with van der Waals surface area (Å²) in [5.41, 5.74) is 1.95. The third-order valence-corrected chi connectivity index (χ3v) is 9.36. The molecule has 0 unspecified atom stereocenters. The van der Waals surface area contributed by atoms with E-state index in [0.29, 0.717) is 34.1 Å². The van der Waals surface area contributed by atoms with Crippen LogP contribution in [0.2, 0.25) is 0 Å². The van der Waals surface area contributed by atoms with Gasteiger partial charge in [0.25, 0.3) is 0 Å². The van der Waals surface area contributed by atoms with Gasteiger partial charge in [-0.25, -0.2) is 26.6 Å². The normalized spacial score (nSPS) is 11.8. The number of carbonyl (C=O) groups excluding carboxylic acids is 1. The summed E-state index contributed by atoms with van der Waals surface area (Å²) in [4.78, 5) is 17.9. The predicted molar refractivity (Wildman–Crippen MR) is 200 cm³/mol. The minimum Gasteiger partial charge on any atom is -0.495 e. The molecule has 0 aliphatic carbocycles. The summed E-state index contributed by atoms with van der Waals surface area (Å²) in [6.07, 6.45) is 3.73. The van der Waals surface area contributed by atoms with Crippen molar-refractivity contribution in [2.75, 3.05) is 47.4 Å². The van der Waals surface area contributed by atoms with Gasteiger partial charge in [0.2, 0.25) is 10.0 Å². The number of sulfonamides is 1. The third-order valence-electron chi connectivity index (χ3n) is 7.63. The maximum Gasteiger partial charge on any atom is 0.323 e. The Kier molecular flexibility index (Phi) is 10.3. The van der Waals surface area contributed by atoms with E-state index in [0.717, 1.165) is 23.5 Å². The molecule has 1 aromatic heterocycles. The second kappa shape index (κ2) is 14.4. The summed E-state index contributed by atoms with van der Waals surface area (Å²) in [5.74, 6) is 1.80. The molecule has 2 amide bonds. The number of amides is 2. The number of hydrogen-bond donors (Lipinski definition) is 4. The fourth-order valence-electron chi connectivity index (χ4n) is 5.26. The average Bonchev–Trinajstić information content (AvgIpc) is 3.04. The number of pyridine rings is 1. The molecule has 4 N–H and O–H groups in total. The van der Waals surface area contributed by atoms with E-state index in [1.165, 1.54) is 20.3 Å². The van der Waals surface area contributed by atoms with Gasteiger partial charge in [0.15, 0.2) is 15.6 Å². The second-order valence-electron chi connectivity index (χ2n) is 12.7. The topological polar surface area (TPSA) is 174 Å². The lowest BCUT2D eigenvalue weighted by Crippen LogP contribution is -2.22. The third kappa shape index (κ3) is 8.98. The number of methoxy groups -OCH3 is 2. The number of carbonyl (C=O) groups is 1. The van der Waals surface area contributed by atoms with E-state index in [1.807, 2.05) is 45.0 Å². The van der Waals surface area contributed by atoms with Crippen LogP contribution in [-0.2, 0) is 25.3 Å². The van der Waals surface area contributed by atoms with Gasteiger partial charge in [-0.1, -0.05) is 45.0 Å².